The minimum absolute atomic E-state index is 0.00691. The van der Waals surface area contributed by atoms with E-state index >= 15 is 0 Å². The minimum Gasteiger partial charge on any atom is -0.343 e. The van der Waals surface area contributed by atoms with E-state index in [1.54, 1.807) is 0 Å². The maximum atomic E-state index is 11.8. The van der Waals surface area contributed by atoms with Gasteiger partial charge in [0.2, 0.25) is 15.9 Å². The number of sulfonamides is 1. The van der Waals surface area contributed by atoms with Crippen LogP contribution < -0.4 is 4.72 Å². The fourth-order valence-electron chi connectivity index (χ4n) is 2.27. The lowest BCUT2D eigenvalue weighted by molar-refractivity contribution is -0.132. The van der Waals surface area contributed by atoms with Gasteiger partial charge < -0.3 is 4.90 Å². The summed E-state index contributed by atoms with van der Waals surface area (Å²) in [6.45, 7) is 5.31. The number of nitrogens with one attached hydrogen (secondary N) is 1. The molecular weight excluding hydrogens is 264 g/mol. The van der Waals surface area contributed by atoms with Gasteiger partial charge in [0, 0.05) is 25.6 Å². The van der Waals surface area contributed by atoms with E-state index in [0.717, 1.165) is 25.7 Å². The first-order valence-electron chi connectivity index (χ1n) is 7.26. The van der Waals surface area contributed by atoms with Gasteiger partial charge in [0.05, 0.1) is 5.75 Å². The van der Waals surface area contributed by atoms with Crippen molar-refractivity contribution in [2.24, 2.45) is 0 Å². The summed E-state index contributed by atoms with van der Waals surface area (Å²) in [7, 11) is -3.14. The Kier molecular flexibility index (Phi) is 6.79. The number of carbonyl (C=O) groups excluding carboxylic acids is 1. The zero-order chi connectivity index (χ0) is 14.3. The lowest BCUT2D eigenvalue weighted by atomic mass is 10.1. The van der Waals surface area contributed by atoms with Crippen molar-refractivity contribution in [3.8, 4) is 0 Å². The van der Waals surface area contributed by atoms with Gasteiger partial charge in [-0.25, -0.2) is 13.1 Å². The van der Waals surface area contributed by atoms with Crippen molar-refractivity contribution < 1.29 is 13.2 Å². The molecule has 0 bridgehead atoms. The zero-order valence-electron chi connectivity index (χ0n) is 12.0. The molecular formula is C13H26N2O3S. The second-order valence-corrected chi connectivity index (χ2v) is 7.07. The fourth-order valence-corrected chi connectivity index (χ4v) is 3.80. The van der Waals surface area contributed by atoms with E-state index < -0.39 is 10.0 Å². The highest BCUT2D eigenvalue weighted by molar-refractivity contribution is 7.89. The Labute approximate surface area is 116 Å². The van der Waals surface area contributed by atoms with Gasteiger partial charge in [0.1, 0.15) is 0 Å². The van der Waals surface area contributed by atoms with Crippen molar-refractivity contribution >= 4 is 15.9 Å². The van der Waals surface area contributed by atoms with E-state index in [9.17, 15) is 13.2 Å². The Morgan fingerprint density at radius 1 is 1.21 bits per heavy atom. The smallest absolute Gasteiger partial charge is 0.222 e. The van der Waals surface area contributed by atoms with Crippen LogP contribution in [-0.2, 0) is 14.8 Å². The van der Waals surface area contributed by atoms with Gasteiger partial charge in [-0.2, -0.15) is 0 Å². The summed E-state index contributed by atoms with van der Waals surface area (Å²) in [5.74, 6) is 0.396. The SMILES string of the molecule is CCCCS(=O)(=O)NC1CCN(C(=O)CCC)CC1. The Hall–Kier alpha value is -0.620. The van der Waals surface area contributed by atoms with Gasteiger partial charge in [-0.3, -0.25) is 4.79 Å². The summed E-state index contributed by atoms with van der Waals surface area (Å²) < 4.78 is 26.3. The predicted octanol–water partition coefficient (Wildman–Crippen LogP) is 1.50. The number of hydrogen-bond donors (Lipinski definition) is 1. The standard InChI is InChI=1S/C13H26N2O3S/c1-3-5-11-19(17,18)14-12-7-9-15(10-8-12)13(16)6-4-2/h12,14H,3-11H2,1-2H3. The number of nitrogens with zero attached hydrogens (tertiary/aromatic N) is 1. The van der Waals surface area contributed by atoms with Crippen LogP contribution >= 0.6 is 0 Å². The van der Waals surface area contributed by atoms with Crippen LogP contribution in [0.25, 0.3) is 0 Å². The molecule has 0 aromatic rings. The first-order valence-corrected chi connectivity index (χ1v) is 8.91. The highest BCUT2D eigenvalue weighted by Gasteiger charge is 2.25. The third kappa shape index (κ3) is 5.91. The molecule has 1 N–H and O–H groups in total. The lowest BCUT2D eigenvalue weighted by Gasteiger charge is -2.32. The van der Waals surface area contributed by atoms with Gasteiger partial charge in [0.15, 0.2) is 0 Å². The van der Waals surface area contributed by atoms with E-state index in [-0.39, 0.29) is 17.7 Å². The van der Waals surface area contributed by atoms with Crippen LogP contribution in [0.4, 0.5) is 0 Å². The maximum absolute atomic E-state index is 11.8. The third-order valence-electron chi connectivity index (χ3n) is 3.42. The largest absolute Gasteiger partial charge is 0.343 e. The summed E-state index contributed by atoms with van der Waals surface area (Å²) in [4.78, 5) is 13.6. The molecule has 0 aromatic carbocycles. The first-order chi connectivity index (χ1) is 8.98. The van der Waals surface area contributed by atoms with Crippen molar-refractivity contribution in [2.45, 2.75) is 58.4 Å². The number of amides is 1. The lowest BCUT2D eigenvalue weighted by Crippen LogP contribution is -2.46. The maximum Gasteiger partial charge on any atom is 0.222 e. The number of hydrogen-bond acceptors (Lipinski definition) is 3. The monoisotopic (exact) mass is 290 g/mol. The van der Waals surface area contributed by atoms with Crippen LogP contribution in [0.5, 0.6) is 0 Å². The van der Waals surface area contributed by atoms with Crippen molar-refractivity contribution in [3.05, 3.63) is 0 Å². The van der Waals surface area contributed by atoms with E-state index in [1.807, 2.05) is 18.7 Å². The average Bonchev–Trinajstić information content (AvgIpc) is 2.37. The normalized spacial score (nSPS) is 17.7. The number of rotatable bonds is 7. The van der Waals surface area contributed by atoms with Crippen molar-refractivity contribution in [1.29, 1.82) is 0 Å². The van der Waals surface area contributed by atoms with Crippen LogP contribution in [0, 0.1) is 0 Å². The molecule has 1 aliphatic heterocycles. The molecule has 1 rings (SSSR count). The molecule has 0 aromatic heterocycles. The predicted molar refractivity (Wildman–Crippen MR) is 76.3 cm³/mol. The highest BCUT2D eigenvalue weighted by atomic mass is 32.2. The molecule has 0 aliphatic carbocycles. The second kappa shape index (κ2) is 7.85. The number of unbranched alkanes of at least 4 members (excludes halogenated alkanes) is 1. The molecule has 1 aliphatic rings. The van der Waals surface area contributed by atoms with Gasteiger partial charge >= 0.3 is 0 Å². The first kappa shape index (κ1) is 16.4. The Morgan fingerprint density at radius 2 is 1.84 bits per heavy atom. The van der Waals surface area contributed by atoms with E-state index in [1.165, 1.54) is 0 Å². The Morgan fingerprint density at radius 3 is 2.37 bits per heavy atom. The molecule has 0 spiro atoms. The Balaban J connectivity index is 2.36. The summed E-state index contributed by atoms with van der Waals surface area (Å²) in [6.07, 6.45) is 4.48. The van der Waals surface area contributed by atoms with Crippen molar-refractivity contribution in [3.63, 3.8) is 0 Å². The number of piperidine rings is 1. The molecule has 0 atom stereocenters. The molecule has 1 heterocycles. The molecule has 5 nitrogen and oxygen atoms in total. The number of likely N-dealkylation sites (tertiary alicyclic amines) is 1. The van der Waals surface area contributed by atoms with Crippen LogP contribution in [0.2, 0.25) is 0 Å². The van der Waals surface area contributed by atoms with Crippen molar-refractivity contribution in [1.82, 2.24) is 9.62 Å². The summed E-state index contributed by atoms with van der Waals surface area (Å²) in [5.41, 5.74) is 0. The molecule has 112 valence electrons. The average molecular weight is 290 g/mol. The third-order valence-corrected chi connectivity index (χ3v) is 4.94. The summed E-state index contributed by atoms with van der Waals surface area (Å²) >= 11 is 0. The minimum atomic E-state index is -3.14. The van der Waals surface area contributed by atoms with E-state index in [4.69, 9.17) is 0 Å². The zero-order valence-corrected chi connectivity index (χ0v) is 12.8. The van der Waals surface area contributed by atoms with Gasteiger partial charge in [-0.15, -0.1) is 0 Å². The number of carbonyl (C=O) groups is 1. The van der Waals surface area contributed by atoms with Crippen LogP contribution in [0.15, 0.2) is 0 Å². The van der Waals surface area contributed by atoms with Crippen LogP contribution in [0.1, 0.15) is 52.4 Å². The van der Waals surface area contributed by atoms with Crippen LogP contribution in [-0.4, -0.2) is 44.1 Å². The molecule has 19 heavy (non-hydrogen) atoms. The second-order valence-electron chi connectivity index (χ2n) is 5.20. The van der Waals surface area contributed by atoms with Gasteiger partial charge in [0.25, 0.3) is 0 Å². The summed E-state index contributed by atoms with van der Waals surface area (Å²) in [6, 6.07) is -0.00691. The van der Waals surface area contributed by atoms with Gasteiger partial charge in [-0.1, -0.05) is 20.3 Å². The summed E-state index contributed by atoms with van der Waals surface area (Å²) in [5, 5.41) is 0. The molecule has 6 heteroatoms. The Bertz CT molecular complexity index is 373. The molecule has 0 unspecified atom stereocenters. The molecule has 1 amide bonds. The van der Waals surface area contributed by atoms with E-state index in [2.05, 4.69) is 4.72 Å². The fraction of sp³-hybridized carbons (Fsp3) is 0.923. The molecule has 1 fully saturated rings. The van der Waals surface area contributed by atoms with Crippen molar-refractivity contribution in [2.75, 3.05) is 18.8 Å². The molecule has 1 saturated heterocycles. The topological polar surface area (TPSA) is 66.5 Å². The van der Waals surface area contributed by atoms with E-state index in [0.29, 0.717) is 25.9 Å². The molecule has 0 saturated carbocycles. The highest BCUT2D eigenvalue weighted by Crippen LogP contribution is 2.13. The van der Waals surface area contributed by atoms with Crippen LogP contribution in [0.3, 0.4) is 0 Å². The quantitative estimate of drug-likeness (QED) is 0.772. The van der Waals surface area contributed by atoms with Gasteiger partial charge in [-0.05, 0) is 25.7 Å². The molecule has 0 radical (unpaired) electrons.